The second kappa shape index (κ2) is 10.1. The van der Waals surface area contributed by atoms with Crippen LogP contribution in [0, 0.1) is 6.92 Å². The van der Waals surface area contributed by atoms with Crippen molar-refractivity contribution in [1.29, 1.82) is 0 Å². The van der Waals surface area contributed by atoms with E-state index in [0.29, 0.717) is 22.6 Å². The zero-order valence-electron chi connectivity index (χ0n) is 18.6. The van der Waals surface area contributed by atoms with Crippen LogP contribution < -0.4 is 5.73 Å². The van der Waals surface area contributed by atoms with Gasteiger partial charge < -0.3 is 15.9 Å². The number of nitrogens with zero attached hydrogens (tertiary/aromatic N) is 2. The smallest absolute Gasteiger partial charge is 0.389 e. The first-order chi connectivity index (χ1) is 14.3. The number of hydrogen-bond acceptors (Lipinski definition) is 5. The van der Waals surface area contributed by atoms with Crippen molar-refractivity contribution in [3.05, 3.63) is 70.3 Å². The maximum Gasteiger partial charge on any atom is 0.428 e. The van der Waals surface area contributed by atoms with Crippen molar-refractivity contribution in [2.75, 3.05) is 14.1 Å². The van der Waals surface area contributed by atoms with E-state index in [9.17, 15) is 23.4 Å². The lowest BCUT2D eigenvalue weighted by Crippen LogP contribution is -2.47. The quantitative estimate of drug-likeness (QED) is 0.542. The number of hydrogen-bond donors (Lipinski definition) is 3. The van der Waals surface area contributed by atoms with Gasteiger partial charge >= 0.3 is 6.18 Å². The molecule has 0 heterocycles. The Morgan fingerprint density at radius 2 is 1.52 bits per heavy atom. The van der Waals surface area contributed by atoms with Crippen LogP contribution in [-0.2, 0) is 6.54 Å². The summed E-state index contributed by atoms with van der Waals surface area (Å²) in [6.45, 7) is 6.26. The summed E-state index contributed by atoms with van der Waals surface area (Å²) in [7, 11) is 3.08. The van der Waals surface area contributed by atoms with E-state index in [4.69, 9.17) is 5.73 Å². The van der Waals surface area contributed by atoms with Crippen LogP contribution in [0.25, 0.3) is 0 Å². The highest BCUT2D eigenvalue weighted by Crippen LogP contribution is 2.30. The molecule has 0 aromatic heterocycles. The number of alkyl halides is 3. The molecule has 4 atom stereocenters. The van der Waals surface area contributed by atoms with E-state index in [1.54, 1.807) is 25.1 Å². The van der Waals surface area contributed by atoms with Crippen molar-refractivity contribution in [1.82, 2.24) is 9.80 Å². The second-order valence-corrected chi connectivity index (χ2v) is 8.16. The Morgan fingerprint density at radius 1 is 0.968 bits per heavy atom. The van der Waals surface area contributed by atoms with Gasteiger partial charge in [-0.2, -0.15) is 13.2 Å². The first kappa shape index (κ1) is 25.3. The van der Waals surface area contributed by atoms with Crippen LogP contribution in [0.3, 0.4) is 0 Å². The van der Waals surface area contributed by atoms with Crippen LogP contribution in [0.2, 0.25) is 0 Å². The lowest BCUT2D eigenvalue weighted by Gasteiger charge is -2.31. The van der Waals surface area contributed by atoms with E-state index in [-0.39, 0.29) is 6.04 Å². The molecule has 5 nitrogen and oxygen atoms in total. The standard InChI is InChI=1S/C23H32F3N3O2/c1-14-6-8-17(9-7-14)15(2)28(4)13-19-11-10-18(12-20(19)16(3)30)21(27)29(5)22(31)23(24,25)26/h6-12,15-16,21-22,30-31H,13,27H2,1-5H3. The van der Waals surface area contributed by atoms with Crippen molar-refractivity contribution < 1.29 is 23.4 Å². The highest BCUT2D eigenvalue weighted by Gasteiger charge is 2.43. The third kappa shape index (κ3) is 6.27. The number of halogens is 3. The molecule has 31 heavy (non-hydrogen) atoms. The number of rotatable bonds is 8. The van der Waals surface area contributed by atoms with E-state index >= 15 is 0 Å². The summed E-state index contributed by atoms with van der Waals surface area (Å²) in [6, 6.07) is 13.4. The number of aliphatic hydroxyl groups excluding tert-OH is 2. The maximum absolute atomic E-state index is 12.8. The van der Waals surface area contributed by atoms with Gasteiger partial charge in [0.15, 0.2) is 0 Å². The van der Waals surface area contributed by atoms with E-state index in [2.05, 4.69) is 36.1 Å². The molecule has 0 amide bonds. The van der Waals surface area contributed by atoms with Gasteiger partial charge in [-0.05, 0) is 63.2 Å². The largest absolute Gasteiger partial charge is 0.428 e. The molecule has 8 heteroatoms. The third-order valence-electron chi connectivity index (χ3n) is 5.72. The van der Waals surface area contributed by atoms with E-state index < -0.39 is 24.7 Å². The summed E-state index contributed by atoms with van der Waals surface area (Å²) < 4.78 is 38.5. The lowest BCUT2D eigenvalue weighted by molar-refractivity contribution is -0.252. The predicted octanol–water partition coefficient (Wildman–Crippen LogP) is 4.01. The minimum Gasteiger partial charge on any atom is -0.389 e. The highest BCUT2D eigenvalue weighted by molar-refractivity contribution is 5.35. The average molecular weight is 440 g/mol. The summed E-state index contributed by atoms with van der Waals surface area (Å²) in [5.74, 6) is 0. The highest BCUT2D eigenvalue weighted by atomic mass is 19.4. The first-order valence-electron chi connectivity index (χ1n) is 10.1. The fourth-order valence-electron chi connectivity index (χ4n) is 3.45. The molecule has 0 bridgehead atoms. The van der Waals surface area contributed by atoms with Crippen LogP contribution in [0.15, 0.2) is 42.5 Å². The van der Waals surface area contributed by atoms with Gasteiger partial charge in [-0.25, -0.2) is 0 Å². The molecule has 0 aliphatic rings. The van der Waals surface area contributed by atoms with Gasteiger partial charge in [-0.15, -0.1) is 0 Å². The molecule has 2 rings (SSSR count). The van der Waals surface area contributed by atoms with Crippen molar-refractivity contribution >= 4 is 0 Å². The summed E-state index contributed by atoms with van der Waals surface area (Å²) >= 11 is 0. The molecule has 4 N–H and O–H groups in total. The van der Waals surface area contributed by atoms with Crippen LogP contribution in [0.5, 0.6) is 0 Å². The summed E-state index contributed by atoms with van der Waals surface area (Å²) in [5, 5.41) is 19.8. The topological polar surface area (TPSA) is 73.0 Å². The zero-order chi connectivity index (χ0) is 23.5. The number of nitrogens with two attached hydrogens (primary N) is 1. The van der Waals surface area contributed by atoms with Crippen molar-refractivity contribution in [3.8, 4) is 0 Å². The van der Waals surface area contributed by atoms with Crippen molar-refractivity contribution in [3.63, 3.8) is 0 Å². The molecular weight excluding hydrogens is 407 g/mol. The normalized spacial score (nSPS) is 16.4. The molecule has 0 aliphatic heterocycles. The molecule has 0 radical (unpaired) electrons. The van der Waals surface area contributed by atoms with E-state index in [0.717, 1.165) is 18.2 Å². The van der Waals surface area contributed by atoms with Gasteiger partial charge in [-0.1, -0.05) is 42.0 Å². The van der Waals surface area contributed by atoms with Crippen molar-refractivity contribution in [2.45, 2.75) is 58.0 Å². The Morgan fingerprint density at radius 3 is 2.03 bits per heavy atom. The number of aryl methyl sites for hydroxylation is 1. The van der Waals surface area contributed by atoms with Gasteiger partial charge in [0.1, 0.15) is 0 Å². The SMILES string of the molecule is Cc1ccc(C(C)N(C)Cc2ccc(C(N)N(C)C(O)C(F)(F)F)cc2C(C)O)cc1. The average Bonchev–Trinajstić information content (AvgIpc) is 2.71. The third-order valence-corrected chi connectivity index (χ3v) is 5.72. The molecule has 0 saturated heterocycles. The Labute approximate surface area is 181 Å². The molecular formula is C23H32F3N3O2. The van der Waals surface area contributed by atoms with Gasteiger partial charge in [0.25, 0.3) is 0 Å². The molecule has 4 unspecified atom stereocenters. The van der Waals surface area contributed by atoms with Gasteiger partial charge in [0, 0.05) is 12.6 Å². The fraction of sp³-hybridized carbons (Fsp3) is 0.478. The Kier molecular flexibility index (Phi) is 8.24. The van der Waals surface area contributed by atoms with Crippen LogP contribution >= 0.6 is 0 Å². The minimum atomic E-state index is -4.81. The van der Waals surface area contributed by atoms with Gasteiger partial charge in [-0.3, -0.25) is 9.80 Å². The first-order valence-corrected chi connectivity index (χ1v) is 10.1. The Bertz CT molecular complexity index is 856. The summed E-state index contributed by atoms with van der Waals surface area (Å²) in [4.78, 5) is 2.78. The van der Waals surface area contributed by atoms with Crippen LogP contribution in [0.4, 0.5) is 13.2 Å². The number of aliphatic hydroxyl groups is 2. The minimum absolute atomic E-state index is 0.123. The monoisotopic (exact) mass is 439 g/mol. The molecule has 0 saturated carbocycles. The van der Waals surface area contributed by atoms with E-state index in [1.165, 1.54) is 5.56 Å². The predicted molar refractivity (Wildman–Crippen MR) is 115 cm³/mol. The summed E-state index contributed by atoms with van der Waals surface area (Å²) in [6.07, 6.45) is -9.51. The Balaban J connectivity index is 2.24. The molecule has 2 aromatic carbocycles. The van der Waals surface area contributed by atoms with Crippen LogP contribution in [0.1, 0.15) is 60.0 Å². The molecule has 0 fully saturated rings. The molecule has 172 valence electrons. The van der Waals surface area contributed by atoms with Gasteiger partial charge in [0.05, 0.1) is 12.3 Å². The molecule has 0 aliphatic carbocycles. The zero-order valence-corrected chi connectivity index (χ0v) is 18.6. The fourth-order valence-corrected chi connectivity index (χ4v) is 3.45. The maximum atomic E-state index is 12.8. The van der Waals surface area contributed by atoms with Crippen LogP contribution in [-0.4, -0.2) is 46.5 Å². The second-order valence-electron chi connectivity index (χ2n) is 8.16. The summed E-state index contributed by atoms with van der Waals surface area (Å²) in [5.41, 5.74) is 10.1. The van der Waals surface area contributed by atoms with Gasteiger partial charge in [0.2, 0.25) is 6.23 Å². The molecule has 0 spiro atoms. The lowest BCUT2D eigenvalue weighted by atomic mass is 9.97. The van der Waals surface area contributed by atoms with Crippen molar-refractivity contribution in [2.24, 2.45) is 5.73 Å². The molecule has 2 aromatic rings. The Hall–Kier alpha value is -1.97. The van der Waals surface area contributed by atoms with E-state index in [1.807, 2.05) is 14.0 Å². The number of benzene rings is 2.